The van der Waals surface area contributed by atoms with Crippen LogP contribution in [0.5, 0.6) is 11.5 Å². The van der Waals surface area contributed by atoms with Crippen molar-refractivity contribution in [3.05, 3.63) is 23.8 Å². The number of rotatable bonds is 8. The van der Waals surface area contributed by atoms with E-state index in [0.29, 0.717) is 18.0 Å². The molecule has 1 aromatic carbocycles. The Morgan fingerprint density at radius 2 is 1.79 bits per heavy atom. The van der Waals surface area contributed by atoms with Gasteiger partial charge in [0.1, 0.15) is 0 Å². The Morgan fingerprint density at radius 3 is 2.33 bits per heavy atom. The molecule has 0 spiro atoms. The van der Waals surface area contributed by atoms with Crippen LogP contribution in [0.2, 0.25) is 0 Å². The zero-order valence-electron chi connectivity index (χ0n) is 14.9. The molecular formula is C17H28N2O4S. The largest absolute Gasteiger partial charge is 0.493 e. The van der Waals surface area contributed by atoms with Gasteiger partial charge in [0.15, 0.2) is 11.5 Å². The van der Waals surface area contributed by atoms with E-state index < -0.39 is 10.0 Å². The van der Waals surface area contributed by atoms with Crippen LogP contribution in [0, 0.1) is 0 Å². The number of sulfonamides is 1. The monoisotopic (exact) mass is 356 g/mol. The summed E-state index contributed by atoms with van der Waals surface area (Å²) in [5, 5.41) is -0.245. The minimum atomic E-state index is -3.26. The second kappa shape index (κ2) is 8.18. The Balaban J connectivity index is 2.15. The number of nitrogens with zero attached hydrogens (tertiary/aromatic N) is 1. The maximum Gasteiger partial charge on any atom is 0.214 e. The fraction of sp³-hybridized carbons (Fsp3) is 0.647. The average Bonchev–Trinajstić information content (AvgIpc) is 3.09. The Kier molecular flexibility index (Phi) is 6.48. The number of methoxy groups -OCH3 is 2. The molecule has 1 N–H and O–H groups in total. The van der Waals surface area contributed by atoms with Crippen LogP contribution in [0.15, 0.2) is 18.2 Å². The maximum atomic E-state index is 12.4. The van der Waals surface area contributed by atoms with Crippen LogP contribution in [-0.2, 0) is 10.0 Å². The van der Waals surface area contributed by atoms with Gasteiger partial charge < -0.3 is 14.4 Å². The average molecular weight is 356 g/mol. The summed E-state index contributed by atoms with van der Waals surface area (Å²) in [6.07, 6.45) is 3.52. The molecule has 0 amide bonds. The van der Waals surface area contributed by atoms with Gasteiger partial charge in [0.05, 0.1) is 19.5 Å². The molecule has 6 nitrogen and oxygen atoms in total. The van der Waals surface area contributed by atoms with Crippen molar-refractivity contribution in [2.24, 2.45) is 0 Å². The Hall–Kier alpha value is -1.31. The lowest BCUT2D eigenvalue weighted by atomic mass is 10.1. The predicted octanol–water partition coefficient (Wildman–Crippen LogP) is 2.17. The second-order valence-corrected chi connectivity index (χ2v) is 8.44. The van der Waals surface area contributed by atoms with Gasteiger partial charge in [-0.2, -0.15) is 0 Å². The molecule has 0 heterocycles. The van der Waals surface area contributed by atoms with E-state index in [1.165, 1.54) is 0 Å². The van der Waals surface area contributed by atoms with Crippen molar-refractivity contribution >= 4 is 10.0 Å². The minimum absolute atomic E-state index is 0.0824. The first-order valence-electron chi connectivity index (χ1n) is 8.26. The molecule has 136 valence electrons. The van der Waals surface area contributed by atoms with Crippen molar-refractivity contribution in [3.8, 4) is 11.5 Å². The van der Waals surface area contributed by atoms with Gasteiger partial charge in [-0.25, -0.2) is 13.1 Å². The molecule has 0 radical (unpaired) electrons. The van der Waals surface area contributed by atoms with E-state index in [4.69, 9.17) is 9.47 Å². The summed E-state index contributed by atoms with van der Waals surface area (Å²) in [5.74, 6) is 1.30. The first-order valence-corrected chi connectivity index (χ1v) is 9.80. The molecule has 1 aliphatic rings. The molecule has 24 heavy (non-hydrogen) atoms. The van der Waals surface area contributed by atoms with Gasteiger partial charge in [-0.05, 0) is 44.6 Å². The van der Waals surface area contributed by atoms with Crippen LogP contribution in [0.25, 0.3) is 0 Å². The van der Waals surface area contributed by atoms with Crippen molar-refractivity contribution in [2.45, 2.75) is 37.0 Å². The van der Waals surface area contributed by atoms with E-state index in [1.807, 2.05) is 37.2 Å². The summed E-state index contributed by atoms with van der Waals surface area (Å²) in [7, 11) is 3.80. The second-order valence-electron chi connectivity index (χ2n) is 6.39. The summed E-state index contributed by atoms with van der Waals surface area (Å²) < 4.78 is 38.3. The van der Waals surface area contributed by atoms with E-state index in [2.05, 4.69) is 4.72 Å². The highest BCUT2D eigenvalue weighted by Gasteiger charge is 2.29. The van der Waals surface area contributed by atoms with Crippen molar-refractivity contribution in [1.82, 2.24) is 9.62 Å². The van der Waals surface area contributed by atoms with Crippen molar-refractivity contribution < 1.29 is 17.9 Å². The molecule has 1 saturated carbocycles. The van der Waals surface area contributed by atoms with Gasteiger partial charge in [0, 0.05) is 12.6 Å². The van der Waals surface area contributed by atoms with E-state index in [1.54, 1.807) is 14.2 Å². The molecule has 0 saturated heterocycles. The van der Waals surface area contributed by atoms with E-state index in [-0.39, 0.29) is 11.3 Å². The highest BCUT2D eigenvalue weighted by atomic mass is 32.2. The lowest BCUT2D eigenvalue weighted by molar-refractivity contribution is 0.296. The molecule has 1 atom stereocenters. The van der Waals surface area contributed by atoms with Gasteiger partial charge in [-0.15, -0.1) is 0 Å². The lowest BCUT2D eigenvalue weighted by Gasteiger charge is -2.26. The molecule has 7 heteroatoms. The first-order chi connectivity index (χ1) is 11.4. The zero-order valence-corrected chi connectivity index (χ0v) is 15.7. The normalized spacial score (nSPS) is 17.2. The van der Waals surface area contributed by atoms with Crippen LogP contribution in [0.1, 0.15) is 37.3 Å². The first kappa shape index (κ1) is 19.0. The quantitative estimate of drug-likeness (QED) is 0.773. The topological polar surface area (TPSA) is 67.9 Å². The highest BCUT2D eigenvalue weighted by Crippen LogP contribution is 2.31. The van der Waals surface area contributed by atoms with E-state index >= 15 is 0 Å². The molecule has 1 aromatic rings. The van der Waals surface area contributed by atoms with E-state index in [9.17, 15) is 8.42 Å². The Labute approximate surface area is 145 Å². The molecule has 2 rings (SSSR count). The van der Waals surface area contributed by atoms with Gasteiger partial charge in [-0.1, -0.05) is 18.9 Å². The molecular weight excluding hydrogens is 328 g/mol. The van der Waals surface area contributed by atoms with E-state index in [0.717, 1.165) is 31.2 Å². The summed E-state index contributed by atoms with van der Waals surface area (Å²) >= 11 is 0. The number of nitrogens with one attached hydrogen (secondary N) is 1. The van der Waals surface area contributed by atoms with Gasteiger partial charge in [-0.3, -0.25) is 0 Å². The smallest absolute Gasteiger partial charge is 0.214 e. The predicted molar refractivity (Wildman–Crippen MR) is 95.2 cm³/mol. The molecule has 1 unspecified atom stereocenters. The van der Waals surface area contributed by atoms with Crippen LogP contribution < -0.4 is 14.2 Å². The molecule has 0 aliphatic heterocycles. The van der Waals surface area contributed by atoms with Crippen molar-refractivity contribution in [2.75, 3.05) is 34.9 Å². The zero-order chi connectivity index (χ0) is 17.7. The number of hydrogen-bond acceptors (Lipinski definition) is 5. The fourth-order valence-corrected chi connectivity index (χ4v) is 4.75. The number of ether oxygens (including phenoxy) is 2. The Bertz CT molecular complexity index is 640. The molecule has 1 fully saturated rings. The standard InChI is InChI=1S/C17H28N2O4S/c1-19(2)15(12-18-24(20,21)14-7-5-6-8-14)13-9-10-16(22-3)17(11-13)23-4/h9-11,14-15,18H,5-8,12H2,1-4H3. The third-order valence-electron chi connectivity index (χ3n) is 4.63. The number of likely N-dealkylation sites (N-methyl/N-ethyl adjacent to an activating group) is 1. The van der Waals surface area contributed by atoms with Crippen molar-refractivity contribution in [3.63, 3.8) is 0 Å². The number of benzene rings is 1. The highest BCUT2D eigenvalue weighted by molar-refractivity contribution is 7.90. The van der Waals surface area contributed by atoms with Gasteiger partial charge in [0.25, 0.3) is 0 Å². The molecule has 0 aromatic heterocycles. The third kappa shape index (κ3) is 4.40. The molecule has 1 aliphatic carbocycles. The van der Waals surface area contributed by atoms with Gasteiger partial charge in [0.2, 0.25) is 10.0 Å². The summed E-state index contributed by atoms with van der Waals surface area (Å²) in [5.41, 5.74) is 0.978. The maximum absolute atomic E-state index is 12.4. The Morgan fingerprint density at radius 1 is 1.17 bits per heavy atom. The van der Waals surface area contributed by atoms with Gasteiger partial charge >= 0.3 is 0 Å². The van der Waals surface area contributed by atoms with Crippen LogP contribution >= 0.6 is 0 Å². The number of hydrogen-bond donors (Lipinski definition) is 1. The minimum Gasteiger partial charge on any atom is -0.493 e. The lowest BCUT2D eigenvalue weighted by Crippen LogP contribution is -2.38. The van der Waals surface area contributed by atoms with Crippen LogP contribution in [-0.4, -0.2) is 53.4 Å². The van der Waals surface area contributed by atoms with Crippen LogP contribution in [0.3, 0.4) is 0 Å². The fourth-order valence-electron chi connectivity index (χ4n) is 3.17. The summed E-state index contributed by atoms with van der Waals surface area (Å²) in [6, 6.07) is 5.60. The SMILES string of the molecule is COc1ccc(C(CNS(=O)(=O)C2CCCC2)N(C)C)cc1OC. The third-order valence-corrected chi connectivity index (χ3v) is 6.55. The van der Waals surface area contributed by atoms with Crippen molar-refractivity contribution in [1.29, 1.82) is 0 Å². The summed E-state index contributed by atoms with van der Waals surface area (Å²) in [6.45, 7) is 0.335. The summed E-state index contributed by atoms with van der Waals surface area (Å²) in [4.78, 5) is 2.00. The molecule has 0 bridgehead atoms. The van der Waals surface area contributed by atoms with Crippen LogP contribution in [0.4, 0.5) is 0 Å².